The van der Waals surface area contributed by atoms with Crippen LogP contribution in [0.5, 0.6) is 11.5 Å². The standard InChI is InChI=1S/C34H37N5O4.C28H39N5O3.C24H31N5O3/c1-25(40)37-19-9-13-28(24-37)39-31(27-11-4-2-5-12-27)32(33(41)36-20-17-35-18-21-36)38(34(39)42)23-26-10-8-16-30(22-26)43-29-14-6-3-7-15-29;1-21(34)31-16-8-13-24(20-31)33-25(23-11-6-3-7-12-23)26(27(35)30-17-14-29-15-18-30)32(28(33)36)19-22-9-4-2-5-10-22;1-3-13-28-22(23(31)26-15-11-25-12-16-26)21(19-8-5-4-6-9-19)29(24(28)32)20-10-7-14-27(17-20)18(2)30/h2-8,10-12,14-16,22,28,35H,9,13,17-21,23-24H2,1H3;3,6-7,11-12,22,24,29H,2,4-5,8-10,13-20H2,1H3;3-6,8-9,20,25H,1,7,10-17H2,2H3. The number of aromatic nitrogens is 6. The number of nitrogens with zero attached hydrogens (tertiary/aromatic N) is 12. The van der Waals surface area contributed by atoms with E-state index in [1.807, 2.05) is 170 Å². The summed E-state index contributed by atoms with van der Waals surface area (Å²) in [6.45, 7) is 21.0. The molecule has 1 saturated carbocycles. The first-order valence-corrected chi connectivity index (χ1v) is 40.0. The van der Waals surface area contributed by atoms with Crippen molar-refractivity contribution in [2.24, 2.45) is 5.92 Å². The van der Waals surface area contributed by atoms with Gasteiger partial charge in [0, 0.05) is 168 Å². The number of amides is 6. The highest BCUT2D eigenvalue weighted by molar-refractivity contribution is 6.00. The number of piperazine rings is 3. The van der Waals surface area contributed by atoms with E-state index in [-0.39, 0.29) is 83.7 Å². The van der Waals surface area contributed by atoms with Crippen molar-refractivity contribution in [3.8, 4) is 45.3 Å². The summed E-state index contributed by atoms with van der Waals surface area (Å²) in [5.74, 6) is 1.46. The zero-order valence-electron chi connectivity index (χ0n) is 64.5. The van der Waals surface area contributed by atoms with Gasteiger partial charge in [-0.3, -0.25) is 56.2 Å². The average Bonchev–Trinajstić information content (AvgIpc) is 1.61. The van der Waals surface area contributed by atoms with E-state index < -0.39 is 0 Å². The van der Waals surface area contributed by atoms with Gasteiger partial charge in [-0.05, 0) is 87.1 Å². The first kappa shape index (κ1) is 78.5. The molecule has 3 N–H and O–H groups in total. The molecule has 0 bridgehead atoms. The monoisotopic (exact) mass is 1510 g/mol. The second-order valence-corrected chi connectivity index (χ2v) is 30.2. The van der Waals surface area contributed by atoms with Crippen LogP contribution in [-0.2, 0) is 34.0 Å². The van der Waals surface area contributed by atoms with Gasteiger partial charge in [0.15, 0.2) is 0 Å². The molecule has 111 heavy (non-hydrogen) atoms. The lowest BCUT2D eigenvalue weighted by molar-refractivity contribution is -0.131. The van der Waals surface area contributed by atoms with E-state index in [9.17, 15) is 43.2 Å². The highest BCUT2D eigenvalue weighted by Crippen LogP contribution is 2.37. The topological polar surface area (TPSA) is 248 Å². The molecule has 7 aliphatic rings. The van der Waals surface area contributed by atoms with Crippen LogP contribution in [0.1, 0.15) is 147 Å². The summed E-state index contributed by atoms with van der Waals surface area (Å²) in [6.07, 6.45) is 12.3. The molecule has 6 amide bonds. The number of rotatable bonds is 17. The number of piperidine rings is 3. The van der Waals surface area contributed by atoms with Gasteiger partial charge in [0.25, 0.3) is 17.7 Å². The van der Waals surface area contributed by atoms with Crippen LogP contribution in [0.4, 0.5) is 0 Å². The molecule has 3 unspecified atom stereocenters. The van der Waals surface area contributed by atoms with E-state index in [0.29, 0.717) is 132 Å². The van der Waals surface area contributed by atoms with Crippen LogP contribution in [0.2, 0.25) is 0 Å². The van der Waals surface area contributed by atoms with E-state index in [2.05, 4.69) is 22.5 Å². The summed E-state index contributed by atoms with van der Waals surface area (Å²) in [4.78, 5) is 132. The van der Waals surface area contributed by atoms with Gasteiger partial charge >= 0.3 is 17.1 Å². The van der Waals surface area contributed by atoms with E-state index in [1.54, 1.807) is 59.5 Å². The Bertz CT molecular complexity index is 4750. The van der Waals surface area contributed by atoms with Gasteiger partial charge in [-0.1, -0.05) is 147 Å². The molecule has 8 aromatic rings. The maximum Gasteiger partial charge on any atom is 0.329 e. The minimum atomic E-state index is -0.248. The molecule has 3 aromatic heterocycles. The van der Waals surface area contributed by atoms with Crippen molar-refractivity contribution in [3.63, 3.8) is 0 Å². The minimum Gasteiger partial charge on any atom is -0.457 e. The largest absolute Gasteiger partial charge is 0.457 e. The molecule has 6 saturated heterocycles. The Morgan fingerprint density at radius 3 is 1.14 bits per heavy atom. The third kappa shape index (κ3) is 18.1. The van der Waals surface area contributed by atoms with E-state index in [1.165, 1.54) is 19.3 Å². The quantitative estimate of drug-likeness (QED) is 0.0720. The van der Waals surface area contributed by atoms with Crippen LogP contribution in [0.25, 0.3) is 33.8 Å². The third-order valence-electron chi connectivity index (χ3n) is 22.8. The second-order valence-electron chi connectivity index (χ2n) is 30.2. The molecule has 25 heteroatoms. The number of para-hydroxylation sites is 1. The molecule has 25 nitrogen and oxygen atoms in total. The molecule has 15 rings (SSSR count). The van der Waals surface area contributed by atoms with Gasteiger partial charge < -0.3 is 50.1 Å². The van der Waals surface area contributed by atoms with Gasteiger partial charge in [0.05, 0.1) is 41.8 Å². The van der Waals surface area contributed by atoms with E-state index in [4.69, 9.17) is 4.74 Å². The van der Waals surface area contributed by atoms with Crippen LogP contribution in [0.3, 0.4) is 0 Å². The van der Waals surface area contributed by atoms with Crippen molar-refractivity contribution in [3.05, 3.63) is 212 Å². The van der Waals surface area contributed by atoms with Crippen molar-refractivity contribution in [2.45, 2.75) is 129 Å². The van der Waals surface area contributed by atoms with Crippen LogP contribution >= 0.6 is 0 Å². The molecule has 3 atom stereocenters. The van der Waals surface area contributed by atoms with Crippen molar-refractivity contribution in [1.29, 1.82) is 0 Å². The SMILES string of the molecule is C=CCn1c(C(=O)N2CCNCC2)c(-c2ccccc2)n(C2CCCN(C(C)=O)C2)c1=O.CC(=O)N1CCCC(n2c(-c3ccccc3)c(C(=O)N3CCNCC3)n(CC3CCCCC3)c2=O)C1.CC(=O)N1CCCC(n2c(-c3ccccc3)c(C(=O)N3CCNCC3)n(Cc3cccc(Oc4ccccc4)c3)c2=O)C1. The van der Waals surface area contributed by atoms with Crippen LogP contribution in [0, 0.1) is 5.92 Å². The fraction of sp³-hybridized carbons (Fsp3) is 0.453. The Balaban J connectivity index is 0.000000148. The first-order chi connectivity index (χ1) is 54.1. The molecule has 7 fully saturated rings. The molecule has 9 heterocycles. The average molecular weight is 1510 g/mol. The summed E-state index contributed by atoms with van der Waals surface area (Å²) in [5, 5.41) is 9.91. The maximum atomic E-state index is 14.5. The van der Waals surface area contributed by atoms with Crippen LogP contribution < -0.4 is 37.8 Å². The second kappa shape index (κ2) is 36.9. The van der Waals surface area contributed by atoms with Gasteiger partial charge in [0.2, 0.25) is 17.7 Å². The van der Waals surface area contributed by atoms with Crippen molar-refractivity contribution >= 4 is 35.4 Å². The van der Waals surface area contributed by atoms with Gasteiger partial charge in [-0.15, -0.1) is 6.58 Å². The molecule has 0 radical (unpaired) electrons. The predicted molar refractivity (Wildman–Crippen MR) is 429 cm³/mol. The Morgan fingerprint density at radius 1 is 0.396 bits per heavy atom. The van der Waals surface area contributed by atoms with Gasteiger partial charge in [-0.2, -0.15) is 0 Å². The van der Waals surface area contributed by atoms with Crippen molar-refractivity contribution in [2.75, 3.05) is 118 Å². The van der Waals surface area contributed by atoms with Gasteiger partial charge in [0.1, 0.15) is 28.6 Å². The van der Waals surface area contributed by atoms with Crippen molar-refractivity contribution < 1.29 is 33.5 Å². The molecule has 1 aliphatic carbocycles. The number of hydrogen-bond acceptors (Lipinski definition) is 13. The summed E-state index contributed by atoms with van der Waals surface area (Å²) in [7, 11) is 0. The number of nitrogens with one attached hydrogen (secondary N) is 3. The Labute approximate surface area is 649 Å². The smallest absolute Gasteiger partial charge is 0.329 e. The summed E-state index contributed by atoms with van der Waals surface area (Å²) >= 11 is 0. The first-order valence-electron chi connectivity index (χ1n) is 40.0. The predicted octanol–water partition coefficient (Wildman–Crippen LogP) is 9.24. The van der Waals surface area contributed by atoms with Crippen LogP contribution in [0.15, 0.2) is 173 Å². The number of carbonyl (C=O) groups is 6. The number of benzene rings is 5. The molecular formula is C86H107N15O10. The highest BCUT2D eigenvalue weighted by Gasteiger charge is 2.39. The Kier molecular flexibility index (Phi) is 26.1. The third-order valence-corrected chi connectivity index (χ3v) is 22.8. The number of allylic oxidation sites excluding steroid dienone is 1. The number of carbonyl (C=O) groups excluding carboxylic acids is 6. The fourth-order valence-corrected chi connectivity index (χ4v) is 17.1. The molecular weight excluding hydrogens is 1400 g/mol. The molecule has 5 aromatic carbocycles. The lowest BCUT2D eigenvalue weighted by Crippen LogP contribution is -2.47. The Morgan fingerprint density at radius 2 is 0.748 bits per heavy atom. The molecule has 6 aliphatic heterocycles. The zero-order valence-corrected chi connectivity index (χ0v) is 64.5. The van der Waals surface area contributed by atoms with E-state index in [0.717, 1.165) is 118 Å². The number of ether oxygens (including phenoxy) is 1. The lowest BCUT2D eigenvalue weighted by Gasteiger charge is -2.33. The van der Waals surface area contributed by atoms with Crippen LogP contribution in [-0.4, -0.2) is 210 Å². The normalized spacial score (nSPS) is 19.1. The minimum absolute atomic E-state index is 0.00616. The number of hydrogen-bond donors (Lipinski definition) is 3. The number of imidazole rings is 3. The van der Waals surface area contributed by atoms with Crippen molar-refractivity contribution in [1.82, 2.24) is 72.8 Å². The van der Waals surface area contributed by atoms with E-state index >= 15 is 0 Å². The van der Waals surface area contributed by atoms with Gasteiger partial charge in [-0.25, -0.2) is 14.4 Å². The lowest BCUT2D eigenvalue weighted by atomic mass is 9.89. The summed E-state index contributed by atoms with van der Waals surface area (Å²) in [5.41, 5.74) is 6.06. The summed E-state index contributed by atoms with van der Waals surface area (Å²) < 4.78 is 16.4. The molecule has 586 valence electrons. The number of likely N-dealkylation sites (tertiary alicyclic amines) is 3. The highest BCUT2D eigenvalue weighted by atomic mass is 16.5. The molecule has 0 spiro atoms. The maximum absolute atomic E-state index is 14.5. The fourth-order valence-electron chi connectivity index (χ4n) is 17.1. The Hall–Kier alpha value is -10.6. The summed E-state index contributed by atoms with van der Waals surface area (Å²) in [6, 6.07) is 45.8. The zero-order chi connectivity index (χ0) is 77.5.